The quantitative estimate of drug-likeness (QED) is 0.627. The summed E-state index contributed by atoms with van der Waals surface area (Å²) in [5.41, 5.74) is 1.37. The van der Waals surface area contributed by atoms with Crippen LogP contribution in [0.3, 0.4) is 0 Å². The van der Waals surface area contributed by atoms with E-state index in [-0.39, 0.29) is 11.5 Å². The van der Waals surface area contributed by atoms with E-state index in [0.717, 1.165) is 5.57 Å². The Morgan fingerprint density at radius 3 is 3.00 bits per heavy atom. The molecule has 112 valence electrons. The number of thiophene rings is 1. The molecule has 2 heterocycles. The van der Waals surface area contributed by atoms with Crippen molar-refractivity contribution in [1.82, 2.24) is 15.3 Å². The Labute approximate surface area is 125 Å². The number of rotatable bonds is 6. The molecule has 0 aliphatic rings. The van der Waals surface area contributed by atoms with Gasteiger partial charge in [-0.25, -0.2) is 4.98 Å². The maximum absolute atomic E-state index is 12.1. The Morgan fingerprint density at radius 1 is 1.57 bits per heavy atom. The first-order chi connectivity index (χ1) is 10.0. The van der Waals surface area contributed by atoms with Crippen molar-refractivity contribution in [2.24, 2.45) is 0 Å². The molecule has 2 aromatic heterocycles. The van der Waals surface area contributed by atoms with E-state index in [0.29, 0.717) is 40.4 Å². The predicted octanol–water partition coefficient (Wildman–Crippen LogP) is 1.62. The van der Waals surface area contributed by atoms with Crippen molar-refractivity contribution in [3.63, 3.8) is 0 Å². The Bertz CT molecular complexity index is 733. The molecule has 2 aromatic rings. The van der Waals surface area contributed by atoms with Gasteiger partial charge in [0.15, 0.2) is 0 Å². The lowest BCUT2D eigenvalue weighted by molar-refractivity contribution is 0.0930. The molecule has 0 radical (unpaired) electrons. The molecule has 7 heteroatoms. The third-order valence-corrected chi connectivity index (χ3v) is 4.02. The molecule has 0 atom stereocenters. The van der Waals surface area contributed by atoms with E-state index in [2.05, 4.69) is 21.9 Å². The Kier molecular flexibility index (Phi) is 4.87. The van der Waals surface area contributed by atoms with Gasteiger partial charge in [0.25, 0.3) is 11.5 Å². The lowest BCUT2D eigenvalue weighted by atomic mass is 10.2. The number of hydrogen-bond acceptors (Lipinski definition) is 5. The molecule has 0 bridgehead atoms. The van der Waals surface area contributed by atoms with Gasteiger partial charge in [-0.2, -0.15) is 0 Å². The minimum atomic E-state index is -0.224. The number of aromatic nitrogens is 2. The number of aryl methyl sites for hydroxylation is 1. The molecule has 0 saturated carbocycles. The van der Waals surface area contributed by atoms with Gasteiger partial charge in [-0.1, -0.05) is 12.2 Å². The zero-order valence-corrected chi connectivity index (χ0v) is 12.8. The topological polar surface area (TPSA) is 84.1 Å². The maximum atomic E-state index is 12.1. The van der Waals surface area contributed by atoms with Gasteiger partial charge in [-0.15, -0.1) is 11.3 Å². The molecule has 21 heavy (non-hydrogen) atoms. The lowest BCUT2D eigenvalue weighted by Crippen LogP contribution is -2.27. The smallest absolute Gasteiger partial charge is 0.261 e. The fraction of sp³-hybridized carbons (Fsp3) is 0.357. The first-order valence-electron chi connectivity index (χ1n) is 6.47. The van der Waals surface area contributed by atoms with Crippen LogP contribution in [-0.4, -0.2) is 35.6 Å². The SMILES string of the molecule is C=C(C)COCCNC(=O)c1sc2nc[nH]c(=O)c2c1C. The van der Waals surface area contributed by atoms with E-state index in [1.165, 1.54) is 17.7 Å². The van der Waals surface area contributed by atoms with Gasteiger partial charge in [0.1, 0.15) is 4.83 Å². The van der Waals surface area contributed by atoms with Gasteiger partial charge >= 0.3 is 0 Å². The van der Waals surface area contributed by atoms with Gasteiger partial charge in [-0.3, -0.25) is 9.59 Å². The first-order valence-corrected chi connectivity index (χ1v) is 7.29. The van der Waals surface area contributed by atoms with E-state index >= 15 is 0 Å². The first kappa shape index (κ1) is 15.4. The molecule has 0 unspecified atom stereocenters. The van der Waals surface area contributed by atoms with E-state index in [9.17, 15) is 9.59 Å². The summed E-state index contributed by atoms with van der Waals surface area (Å²) < 4.78 is 5.31. The van der Waals surface area contributed by atoms with Crippen molar-refractivity contribution in [3.05, 3.63) is 39.3 Å². The summed E-state index contributed by atoms with van der Waals surface area (Å²) in [5.74, 6) is -0.214. The molecule has 6 nitrogen and oxygen atoms in total. The molecule has 0 fully saturated rings. The standard InChI is InChI=1S/C14H17N3O3S/c1-8(2)6-20-5-4-15-13(19)11-9(3)10-12(18)16-7-17-14(10)21-11/h7H,1,4-6H2,2-3H3,(H,15,19)(H,16,17,18). The molecule has 1 amide bonds. The van der Waals surface area contributed by atoms with Crippen LogP contribution in [0.25, 0.3) is 10.2 Å². The Hall–Kier alpha value is -1.99. The van der Waals surface area contributed by atoms with Crippen molar-refractivity contribution in [3.8, 4) is 0 Å². The summed E-state index contributed by atoms with van der Waals surface area (Å²) in [4.78, 5) is 31.6. The van der Waals surface area contributed by atoms with Crippen LogP contribution >= 0.6 is 11.3 Å². The summed E-state index contributed by atoms with van der Waals surface area (Å²) >= 11 is 1.22. The highest BCUT2D eigenvalue weighted by Crippen LogP contribution is 2.26. The van der Waals surface area contributed by atoms with Gasteiger partial charge in [0.2, 0.25) is 0 Å². The predicted molar refractivity (Wildman–Crippen MR) is 82.9 cm³/mol. The van der Waals surface area contributed by atoms with Crippen LogP contribution in [0.15, 0.2) is 23.3 Å². The third kappa shape index (κ3) is 3.56. The van der Waals surface area contributed by atoms with E-state index in [1.807, 2.05) is 6.92 Å². The second kappa shape index (κ2) is 6.64. The third-order valence-electron chi connectivity index (χ3n) is 2.82. The Morgan fingerprint density at radius 2 is 2.33 bits per heavy atom. The van der Waals surface area contributed by atoms with Crippen molar-refractivity contribution < 1.29 is 9.53 Å². The zero-order valence-electron chi connectivity index (χ0n) is 12.0. The Balaban J connectivity index is 2.03. The second-order valence-electron chi connectivity index (χ2n) is 4.73. The van der Waals surface area contributed by atoms with Crippen LogP contribution in [-0.2, 0) is 4.74 Å². The van der Waals surface area contributed by atoms with Crippen molar-refractivity contribution in [2.75, 3.05) is 19.8 Å². The number of nitrogens with one attached hydrogen (secondary N) is 2. The monoisotopic (exact) mass is 307 g/mol. The van der Waals surface area contributed by atoms with Crippen LogP contribution < -0.4 is 10.9 Å². The summed E-state index contributed by atoms with van der Waals surface area (Å²) in [6, 6.07) is 0. The highest BCUT2D eigenvalue weighted by molar-refractivity contribution is 7.20. The number of amides is 1. The fourth-order valence-corrected chi connectivity index (χ4v) is 2.92. The average Bonchev–Trinajstić information content (AvgIpc) is 2.76. The zero-order chi connectivity index (χ0) is 15.4. The minimum Gasteiger partial charge on any atom is -0.375 e. The molecule has 0 aromatic carbocycles. The van der Waals surface area contributed by atoms with Gasteiger partial charge < -0.3 is 15.0 Å². The summed E-state index contributed by atoms with van der Waals surface area (Å²) in [6.07, 6.45) is 1.34. The molecule has 0 spiro atoms. The average molecular weight is 307 g/mol. The van der Waals surface area contributed by atoms with Crippen molar-refractivity contribution in [2.45, 2.75) is 13.8 Å². The molecule has 0 aliphatic heterocycles. The van der Waals surface area contributed by atoms with Crippen LogP contribution in [0, 0.1) is 6.92 Å². The molecule has 2 N–H and O–H groups in total. The second-order valence-corrected chi connectivity index (χ2v) is 5.73. The van der Waals surface area contributed by atoms with Crippen LogP contribution in [0.1, 0.15) is 22.2 Å². The maximum Gasteiger partial charge on any atom is 0.261 e. The van der Waals surface area contributed by atoms with Crippen LogP contribution in [0.4, 0.5) is 0 Å². The normalized spacial score (nSPS) is 10.8. The van der Waals surface area contributed by atoms with E-state index in [4.69, 9.17) is 4.74 Å². The number of hydrogen-bond donors (Lipinski definition) is 2. The lowest BCUT2D eigenvalue weighted by Gasteiger charge is -2.05. The molecule has 0 aliphatic carbocycles. The molecule has 0 saturated heterocycles. The van der Waals surface area contributed by atoms with Crippen LogP contribution in [0.2, 0.25) is 0 Å². The number of ether oxygens (including phenoxy) is 1. The number of carbonyl (C=O) groups is 1. The van der Waals surface area contributed by atoms with Gasteiger partial charge in [0.05, 0.1) is 29.8 Å². The number of nitrogens with zero attached hydrogens (tertiary/aromatic N) is 1. The fourth-order valence-electron chi connectivity index (χ4n) is 1.86. The van der Waals surface area contributed by atoms with E-state index < -0.39 is 0 Å². The highest BCUT2D eigenvalue weighted by Gasteiger charge is 2.17. The number of H-pyrrole nitrogens is 1. The number of carbonyl (C=O) groups excluding carboxylic acids is 1. The van der Waals surface area contributed by atoms with Crippen LogP contribution in [0.5, 0.6) is 0 Å². The summed E-state index contributed by atoms with van der Waals surface area (Å²) in [5, 5.41) is 3.25. The largest absolute Gasteiger partial charge is 0.375 e. The molecular formula is C14H17N3O3S. The summed E-state index contributed by atoms with van der Waals surface area (Å²) in [6.45, 7) is 8.67. The number of fused-ring (bicyclic) bond motifs is 1. The molecule has 2 rings (SSSR count). The van der Waals surface area contributed by atoms with Gasteiger partial charge in [0, 0.05) is 6.54 Å². The molecular weight excluding hydrogens is 290 g/mol. The summed E-state index contributed by atoms with van der Waals surface area (Å²) in [7, 11) is 0. The van der Waals surface area contributed by atoms with E-state index in [1.54, 1.807) is 6.92 Å². The van der Waals surface area contributed by atoms with Crippen molar-refractivity contribution in [1.29, 1.82) is 0 Å². The van der Waals surface area contributed by atoms with Gasteiger partial charge in [-0.05, 0) is 19.4 Å². The van der Waals surface area contributed by atoms with Crippen molar-refractivity contribution >= 4 is 27.5 Å². The minimum absolute atomic E-state index is 0.214. The highest BCUT2D eigenvalue weighted by atomic mass is 32.1. The number of aromatic amines is 1.